The summed E-state index contributed by atoms with van der Waals surface area (Å²) in [6.45, 7) is 2.35. The van der Waals surface area contributed by atoms with E-state index in [1.165, 1.54) is 18.2 Å². The summed E-state index contributed by atoms with van der Waals surface area (Å²) in [7, 11) is 3.67. The Balaban J connectivity index is 1.54. The van der Waals surface area contributed by atoms with Crippen LogP contribution >= 0.6 is 22.8 Å². The molecule has 1 aliphatic rings. The molecule has 1 saturated heterocycles. The van der Waals surface area contributed by atoms with Gasteiger partial charge in [-0.2, -0.15) is 9.97 Å². The number of benzene rings is 2. The van der Waals surface area contributed by atoms with E-state index in [0.29, 0.717) is 55.1 Å². The van der Waals surface area contributed by atoms with Crippen LogP contribution in [0.2, 0.25) is 5.02 Å². The predicted octanol–water partition coefficient (Wildman–Crippen LogP) is 6.22. The van der Waals surface area contributed by atoms with Crippen LogP contribution in [-0.2, 0) is 0 Å². The summed E-state index contributed by atoms with van der Waals surface area (Å²) in [5, 5.41) is 2.67. The molecule has 2 aromatic carbocycles. The molecule has 182 valence electrons. The van der Waals surface area contributed by atoms with Crippen molar-refractivity contribution in [2.45, 2.75) is 4.90 Å². The van der Waals surface area contributed by atoms with Crippen molar-refractivity contribution >= 4 is 51.7 Å². The smallest absolute Gasteiger partial charge is 0.239 e. The van der Waals surface area contributed by atoms with Crippen LogP contribution in [-0.4, -0.2) is 50.2 Å². The molecule has 34 heavy (non-hydrogen) atoms. The molecular formula is C22H23ClF4N6S. The monoisotopic (exact) mass is 514 g/mol. The Bertz CT molecular complexity index is 1170. The number of para-hydroxylation sites is 1. The normalized spacial score (nSPS) is 14.8. The first kappa shape index (κ1) is 24.2. The third-order valence-electron chi connectivity index (χ3n) is 5.37. The molecule has 0 amide bonds. The fourth-order valence-electron chi connectivity index (χ4n) is 3.63. The van der Waals surface area contributed by atoms with Crippen LogP contribution in [0.5, 0.6) is 0 Å². The van der Waals surface area contributed by atoms with E-state index in [2.05, 4.69) is 15.3 Å². The van der Waals surface area contributed by atoms with Gasteiger partial charge in [-0.05, 0) is 30.3 Å². The van der Waals surface area contributed by atoms with E-state index in [9.17, 15) is 16.0 Å². The van der Waals surface area contributed by atoms with Crippen LogP contribution < -0.4 is 20.0 Å². The number of nitrogens with one attached hydrogen (secondary N) is 1. The minimum Gasteiger partial charge on any atom is -0.366 e. The van der Waals surface area contributed by atoms with Crippen LogP contribution in [0, 0.1) is 5.82 Å². The van der Waals surface area contributed by atoms with Gasteiger partial charge in [-0.3, -0.25) is 0 Å². The molecule has 0 spiro atoms. The SMILES string of the molecule is CN(C)c1cc(Nc2ccc(S(F)(F)F)c(Cl)c2)nc(N2CCN(c3ccccc3F)CC2)n1. The molecule has 0 aliphatic carbocycles. The van der Waals surface area contributed by atoms with Crippen molar-refractivity contribution in [3.05, 3.63) is 59.4 Å². The third-order valence-corrected chi connectivity index (χ3v) is 6.65. The summed E-state index contributed by atoms with van der Waals surface area (Å²) in [5.41, 5.74) is 0.949. The highest BCUT2D eigenvalue weighted by atomic mass is 35.5. The van der Waals surface area contributed by atoms with Gasteiger partial charge >= 0.3 is 0 Å². The van der Waals surface area contributed by atoms with Crippen LogP contribution in [0.3, 0.4) is 0 Å². The first-order valence-corrected chi connectivity index (χ1v) is 12.1. The lowest BCUT2D eigenvalue weighted by molar-refractivity contribution is 0.594. The average Bonchev–Trinajstić information content (AvgIpc) is 2.78. The number of nitrogens with zero attached hydrogens (tertiary/aromatic N) is 5. The molecule has 1 fully saturated rings. The zero-order chi connectivity index (χ0) is 24.5. The average molecular weight is 515 g/mol. The minimum absolute atomic E-state index is 0.259. The van der Waals surface area contributed by atoms with Crippen molar-refractivity contribution in [2.75, 3.05) is 60.3 Å². The van der Waals surface area contributed by atoms with Crippen molar-refractivity contribution in [1.82, 2.24) is 9.97 Å². The highest BCUT2D eigenvalue weighted by Crippen LogP contribution is 2.62. The number of aromatic nitrogens is 2. The quantitative estimate of drug-likeness (QED) is 0.394. The van der Waals surface area contributed by atoms with Gasteiger partial charge in [0.25, 0.3) is 0 Å². The third kappa shape index (κ3) is 5.41. The highest BCUT2D eigenvalue weighted by Gasteiger charge is 2.27. The van der Waals surface area contributed by atoms with Gasteiger partial charge in [-0.15, -0.1) is 11.7 Å². The Morgan fingerprint density at radius 1 is 0.941 bits per heavy atom. The van der Waals surface area contributed by atoms with Gasteiger partial charge in [0.2, 0.25) is 17.1 Å². The standard InChI is InChI=1S/C22H23ClF4N6S/c1-31(2)21-14-20(28-15-7-8-19(16(23)13-15)34(25,26)27)29-22(30-21)33-11-9-32(10-12-33)18-6-4-3-5-17(18)24/h3-8,13-14H,9-12H2,1-2H3,(H,28,29,30). The minimum atomic E-state index is -5.42. The molecule has 1 aliphatic heterocycles. The fraction of sp³-hybridized carbons (Fsp3) is 0.273. The second kappa shape index (κ2) is 9.75. The van der Waals surface area contributed by atoms with Crippen LogP contribution in [0.1, 0.15) is 0 Å². The molecule has 4 rings (SSSR count). The summed E-state index contributed by atoms with van der Waals surface area (Å²) >= 11 is 0.455. The topological polar surface area (TPSA) is 47.5 Å². The summed E-state index contributed by atoms with van der Waals surface area (Å²) in [6.07, 6.45) is 0. The maximum Gasteiger partial charge on any atom is 0.239 e. The molecule has 1 N–H and O–H groups in total. The lowest BCUT2D eigenvalue weighted by atomic mass is 10.2. The first-order chi connectivity index (χ1) is 16.1. The molecule has 0 radical (unpaired) electrons. The number of piperazine rings is 1. The van der Waals surface area contributed by atoms with Gasteiger partial charge < -0.3 is 20.0 Å². The molecule has 2 heterocycles. The van der Waals surface area contributed by atoms with Crippen LogP contribution in [0.25, 0.3) is 0 Å². The van der Waals surface area contributed by atoms with E-state index in [1.54, 1.807) is 24.3 Å². The molecule has 6 nitrogen and oxygen atoms in total. The van der Waals surface area contributed by atoms with E-state index in [-0.39, 0.29) is 10.8 Å². The van der Waals surface area contributed by atoms with Gasteiger partial charge in [-0.1, -0.05) is 23.7 Å². The van der Waals surface area contributed by atoms with E-state index in [0.717, 1.165) is 6.07 Å². The second-order valence-electron chi connectivity index (χ2n) is 7.91. The fourth-order valence-corrected chi connectivity index (χ4v) is 4.57. The highest BCUT2D eigenvalue weighted by molar-refractivity contribution is 8.21. The van der Waals surface area contributed by atoms with E-state index < -0.39 is 16.1 Å². The molecule has 1 aromatic heterocycles. The zero-order valence-corrected chi connectivity index (χ0v) is 20.1. The van der Waals surface area contributed by atoms with Crippen molar-refractivity contribution < 1.29 is 16.0 Å². The zero-order valence-electron chi connectivity index (χ0n) is 18.5. The van der Waals surface area contributed by atoms with Crippen molar-refractivity contribution in [1.29, 1.82) is 0 Å². The van der Waals surface area contributed by atoms with Gasteiger partial charge in [0.15, 0.2) is 0 Å². The molecular weight excluding hydrogens is 492 g/mol. The van der Waals surface area contributed by atoms with E-state index in [1.807, 2.05) is 28.8 Å². The molecule has 3 aromatic rings. The number of anilines is 5. The van der Waals surface area contributed by atoms with Gasteiger partial charge in [0, 0.05) is 52.0 Å². The maximum absolute atomic E-state index is 14.2. The van der Waals surface area contributed by atoms with Gasteiger partial charge in [-0.25, -0.2) is 4.39 Å². The van der Waals surface area contributed by atoms with Crippen molar-refractivity contribution in [3.8, 4) is 0 Å². The molecule has 0 bridgehead atoms. The Hall–Kier alpha value is -2.92. The van der Waals surface area contributed by atoms with Gasteiger partial charge in [0.05, 0.1) is 15.6 Å². The summed E-state index contributed by atoms with van der Waals surface area (Å²) < 4.78 is 53.4. The predicted molar refractivity (Wildman–Crippen MR) is 131 cm³/mol. The largest absolute Gasteiger partial charge is 0.366 e. The second-order valence-corrected chi connectivity index (χ2v) is 9.57. The molecule has 0 atom stereocenters. The molecule has 12 heteroatoms. The lowest BCUT2D eigenvalue weighted by Crippen LogP contribution is -2.47. The maximum atomic E-state index is 14.2. The van der Waals surface area contributed by atoms with Crippen LogP contribution in [0.4, 0.5) is 45.0 Å². The number of rotatable bonds is 6. The number of halogens is 5. The number of hydrogen-bond acceptors (Lipinski definition) is 6. The molecule has 0 saturated carbocycles. The lowest BCUT2D eigenvalue weighted by Gasteiger charge is -2.36. The number of hydrogen-bond donors (Lipinski definition) is 1. The Labute approximate surface area is 202 Å². The van der Waals surface area contributed by atoms with E-state index in [4.69, 9.17) is 11.6 Å². The first-order valence-electron chi connectivity index (χ1n) is 10.4. The summed E-state index contributed by atoms with van der Waals surface area (Å²) in [4.78, 5) is 14.2. The Kier molecular flexibility index (Phi) is 6.94. The van der Waals surface area contributed by atoms with Crippen molar-refractivity contribution in [3.63, 3.8) is 0 Å². The van der Waals surface area contributed by atoms with Crippen LogP contribution in [0.15, 0.2) is 53.4 Å². The Morgan fingerprint density at radius 3 is 2.24 bits per heavy atom. The summed E-state index contributed by atoms with van der Waals surface area (Å²) in [5.74, 6) is 1.27. The van der Waals surface area contributed by atoms with E-state index >= 15 is 0 Å². The summed E-state index contributed by atoms with van der Waals surface area (Å²) in [6, 6.07) is 11.9. The molecule has 0 unspecified atom stereocenters. The van der Waals surface area contributed by atoms with Crippen molar-refractivity contribution in [2.24, 2.45) is 0 Å². The Morgan fingerprint density at radius 2 is 1.62 bits per heavy atom. The van der Waals surface area contributed by atoms with Gasteiger partial charge in [0.1, 0.15) is 17.5 Å².